The van der Waals surface area contributed by atoms with Gasteiger partial charge in [-0.15, -0.1) is 11.8 Å². The highest BCUT2D eigenvalue weighted by Crippen LogP contribution is 2.19. The molecule has 0 amide bonds. The molecule has 0 aromatic heterocycles. The number of benzene rings is 2. The maximum absolute atomic E-state index is 8.68. The summed E-state index contributed by atoms with van der Waals surface area (Å²) in [7, 11) is 0. The molecule has 0 unspecified atom stereocenters. The van der Waals surface area contributed by atoms with E-state index in [1.54, 1.807) is 11.8 Å². The molecular weight excluding hydrogens is 280 g/mol. The number of hydrogen-bond acceptors (Lipinski definition) is 3. The van der Waals surface area contributed by atoms with Crippen molar-refractivity contribution in [1.82, 2.24) is 0 Å². The van der Waals surface area contributed by atoms with Crippen LogP contribution in [-0.4, -0.2) is 18.0 Å². The van der Waals surface area contributed by atoms with Crippen LogP contribution >= 0.6 is 11.8 Å². The molecular formula is C18H18O2S. The Morgan fingerprint density at radius 2 is 1.76 bits per heavy atom. The highest BCUT2D eigenvalue weighted by Gasteiger charge is 1.97. The highest BCUT2D eigenvalue weighted by atomic mass is 32.2. The molecule has 21 heavy (non-hydrogen) atoms. The van der Waals surface area contributed by atoms with E-state index in [0.717, 1.165) is 16.9 Å². The minimum Gasteiger partial charge on any atom is -0.489 e. The minimum absolute atomic E-state index is 0.105. The number of aliphatic hydroxyl groups excluding tert-OH is 1. The predicted molar refractivity (Wildman–Crippen MR) is 87.6 cm³/mol. The van der Waals surface area contributed by atoms with Crippen LogP contribution < -0.4 is 4.74 Å². The van der Waals surface area contributed by atoms with Gasteiger partial charge in [-0.3, -0.25) is 0 Å². The van der Waals surface area contributed by atoms with Crippen LogP contribution in [0.25, 0.3) is 0 Å². The van der Waals surface area contributed by atoms with Gasteiger partial charge in [0.1, 0.15) is 12.4 Å². The van der Waals surface area contributed by atoms with Crippen LogP contribution in [0.1, 0.15) is 17.5 Å². The van der Waals surface area contributed by atoms with Gasteiger partial charge in [-0.25, -0.2) is 0 Å². The normalized spacial score (nSPS) is 9.81. The molecule has 2 rings (SSSR count). The van der Waals surface area contributed by atoms with Crippen molar-refractivity contribution in [1.29, 1.82) is 0 Å². The third-order valence-corrected chi connectivity index (χ3v) is 3.63. The van der Waals surface area contributed by atoms with E-state index in [-0.39, 0.29) is 6.61 Å². The smallest absolute Gasteiger partial charge is 0.119 e. The lowest BCUT2D eigenvalue weighted by Crippen LogP contribution is -1.95. The van der Waals surface area contributed by atoms with Gasteiger partial charge in [-0.2, -0.15) is 0 Å². The van der Waals surface area contributed by atoms with Crippen molar-refractivity contribution in [2.45, 2.75) is 17.9 Å². The van der Waals surface area contributed by atoms with Crippen molar-refractivity contribution >= 4 is 11.8 Å². The number of thioether (sulfide) groups is 1. The zero-order valence-corrected chi connectivity index (χ0v) is 12.8. The Morgan fingerprint density at radius 1 is 1.05 bits per heavy atom. The standard InChI is InChI=1S/C18H18O2S/c1-21-18-11-9-17(10-12-18)20-14-16-7-5-15(6-8-16)4-2-3-13-19/h5-12,19H,3,13-14H2,1H3. The third-order valence-electron chi connectivity index (χ3n) is 2.89. The molecule has 0 atom stereocenters. The maximum atomic E-state index is 8.68. The zero-order valence-electron chi connectivity index (χ0n) is 12.0. The molecule has 0 aliphatic carbocycles. The molecule has 0 radical (unpaired) electrons. The molecule has 0 saturated heterocycles. The summed E-state index contributed by atoms with van der Waals surface area (Å²) in [5.41, 5.74) is 2.06. The lowest BCUT2D eigenvalue weighted by atomic mass is 10.1. The Bertz CT molecular complexity index is 606. The number of aliphatic hydroxyl groups is 1. The first-order chi connectivity index (χ1) is 10.3. The van der Waals surface area contributed by atoms with Crippen molar-refractivity contribution in [3.05, 3.63) is 59.7 Å². The Hall–Kier alpha value is -1.89. The Kier molecular flexibility index (Phi) is 6.21. The summed E-state index contributed by atoms with van der Waals surface area (Å²) in [5.74, 6) is 6.79. The first-order valence-electron chi connectivity index (χ1n) is 6.77. The molecule has 0 aliphatic rings. The second-order valence-electron chi connectivity index (χ2n) is 4.44. The Balaban J connectivity index is 1.89. The molecule has 108 valence electrons. The van der Waals surface area contributed by atoms with E-state index in [1.807, 2.05) is 36.4 Å². The first kappa shape index (κ1) is 15.5. The van der Waals surface area contributed by atoms with Gasteiger partial charge in [0.15, 0.2) is 0 Å². The topological polar surface area (TPSA) is 29.5 Å². The van der Waals surface area contributed by atoms with Crippen LogP contribution in [0.15, 0.2) is 53.4 Å². The van der Waals surface area contributed by atoms with E-state index < -0.39 is 0 Å². The van der Waals surface area contributed by atoms with E-state index in [9.17, 15) is 0 Å². The van der Waals surface area contributed by atoms with Crippen molar-refractivity contribution in [3.63, 3.8) is 0 Å². The molecule has 0 saturated carbocycles. The minimum atomic E-state index is 0.105. The maximum Gasteiger partial charge on any atom is 0.119 e. The summed E-state index contributed by atoms with van der Waals surface area (Å²) in [6, 6.07) is 16.1. The fraction of sp³-hybridized carbons (Fsp3) is 0.222. The first-order valence-corrected chi connectivity index (χ1v) is 8.00. The fourth-order valence-electron chi connectivity index (χ4n) is 1.74. The van der Waals surface area contributed by atoms with E-state index in [4.69, 9.17) is 9.84 Å². The second kappa shape index (κ2) is 8.41. The van der Waals surface area contributed by atoms with Crippen molar-refractivity contribution in [2.24, 2.45) is 0 Å². The summed E-state index contributed by atoms with van der Waals surface area (Å²) in [5, 5.41) is 8.68. The number of rotatable bonds is 5. The molecule has 0 spiro atoms. The van der Waals surface area contributed by atoms with Gasteiger partial charge in [-0.05, 0) is 48.2 Å². The van der Waals surface area contributed by atoms with Gasteiger partial charge >= 0.3 is 0 Å². The summed E-state index contributed by atoms with van der Waals surface area (Å²) in [6.45, 7) is 0.650. The molecule has 3 heteroatoms. The van der Waals surface area contributed by atoms with Gasteiger partial charge in [0.25, 0.3) is 0 Å². The Labute approximate surface area is 130 Å². The molecule has 0 bridgehead atoms. The van der Waals surface area contributed by atoms with Crippen molar-refractivity contribution in [3.8, 4) is 17.6 Å². The molecule has 0 heterocycles. The summed E-state index contributed by atoms with van der Waals surface area (Å²) in [6.07, 6.45) is 2.57. The molecule has 0 aliphatic heterocycles. The van der Waals surface area contributed by atoms with Crippen LogP contribution in [0.2, 0.25) is 0 Å². The molecule has 2 aromatic rings. The molecule has 1 N–H and O–H groups in total. The molecule has 0 fully saturated rings. The number of ether oxygens (including phenoxy) is 1. The van der Waals surface area contributed by atoms with Gasteiger partial charge in [0, 0.05) is 16.9 Å². The third kappa shape index (κ3) is 5.18. The van der Waals surface area contributed by atoms with Crippen LogP contribution in [0, 0.1) is 11.8 Å². The van der Waals surface area contributed by atoms with Gasteiger partial charge in [0.05, 0.1) is 6.61 Å². The van der Waals surface area contributed by atoms with Crippen LogP contribution in [-0.2, 0) is 6.61 Å². The summed E-state index contributed by atoms with van der Waals surface area (Å²) >= 11 is 1.72. The Morgan fingerprint density at radius 3 is 2.38 bits per heavy atom. The average Bonchev–Trinajstić information content (AvgIpc) is 2.55. The SMILES string of the molecule is CSc1ccc(OCc2ccc(C#CCCO)cc2)cc1. The monoisotopic (exact) mass is 298 g/mol. The summed E-state index contributed by atoms with van der Waals surface area (Å²) < 4.78 is 5.75. The van der Waals surface area contributed by atoms with Crippen molar-refractivity contribution < 1.29 is 9.84 Å². The zero-order chi connectivity index (χ0) is 14.9. The van der Waals surface area contributed by atoms with E-state index in [0.29, 0.717) is 13.0 Å². The van der Waals surface area contributed by atoms with E-state index >= 15 is 0 Å². The predicted octanol–water partition coefficient (Wildman–Crippen LogP) is 3.72. The lowest BCUT2D eigenvalue weighted by Gasteiger charge is -2.07. The fourth-order valence-corrected chi connectivity index (χ4v) is 2.15. The number of hydrogen-bond donors (Lipinski definition) is 1. The van der Waals surface area contributed by atoms with Gasteiger partial charge < -0.3 is 9.84 Å². The summed E-state index contributed by atoms with van der Waals surface area (Å²) in [4.78, 5) is 1.23. The van der Waals surface area contributed by atoms with Crippen LogP contribution in [0.4, 0.5) is 0 Å². The van der Waals surface area contributed by atoms with Crippen LogP contribution in [0.5, 0.6) is 5.75 Å². The molecule has 2 nitrogen and oxygen atoms in total. The highest BCUT2D eigenvalue weighted by molar-refractivity contribution is 7.98. The average molecular weight is 298 g/mol. The van der Waals surface area contributed by atoms with Crippen molar-refractivity contribution in [2.75, 3.05) is 12.9 Å². The second-order valence-corrected chi connectivity index (χ2v) is 5.32. The van der Waals surface area contributed by atoms with Gasteiger partial charge in [-0.1, -0.05) is 24.0 Å². The van der Waals surface area contributed by atoms with Crippen LogP contribution in [0.3, 0.4) is 0 Å². The van der Waals surface area contributed by atoms with E-state index in [2.05, 4.69) is 30.2 Å². The molecule has 2 aromatic carbocycles. The van der Waals surface area contributed by atoms with Gasteiger partial charge in [0.2, 0.25) is 0 Å². The quantitative estimate of drug-likeness (QED) is 0.674. The lowest BCUT2D eigenvalue weighted by molar-refractivity contribution is 0.305. The van der Waals surface area contributed by atoms with E-state index in [1.165, 1.54) is 4.90 Å². The largest absolute Gasteiger partial charge is 0.489 e.